The fraction of sp³-hybridized carbons (Fsp3) is 0.550. The molecule has 2 aliphatic rings. The molecule has 2 fully saturated rings. The number of methoxy groups -OCH3 is 1. The number of ether oxygens (including phenoxy) is 2. The Labute approximate surface area is 149 Å². The summed E-state index contributed by atoms with van der Waals surface area (Å²) in [5.41, 5.74) is 0.881. The molecule has 4 unspecified atom stereocenters. The Balaban J connectivity index is 1.63. The second-order valence-electron chi connectivity index (χ2n) is 6.89. The Hall–Kier alpha value is -2.01. The number of fused-ring (bicyclic) bond motifs is 2. The minimum atomic E-state index is -0.107. The van der Waals surface area contributed by atoms with Crippen LogP contribution < -0.4 is 14.8 Å². The number of aliphatic hydroxyl groups excluding tert-OH is 1. The second kappa shape index (κ2) is 7.91. The van der Waals surface area contributed by atoms with Crippen molar-refractivity contribution >= 4 is 12.0 Å². The summed E-state index contributed by atoms with van der Waals surface area (Å²) in [6.07, 6.45) is 6.81. The van der Waals surface area contributed by atoms with Crippen molar-refractivity contribution < 1.29 is 19.4 Å². The van der Waals surface area contributed by atoms with Crippen LogP contribution in [0.15, 0.2) is 24.3 Å². The van der Waals surface area contributed by atoms with Gasteiger partial charge in [0, 0.05) is 24.6 Å². The monoisotopic (exact) mass is 345 g/mol. The van der Waals surface area contributed by atoms with Crippen LogP contribution in [0, 0.1) is 17.8 Å². The summed E-state index contributed by atoms with van der Waals surface area (Å²) in [4.78, 5) is 12.3. The molecule has 136 valence electrons. The molecule has 0 heterocycles. The molecule has 2 saturated carbocycles. The summed E-state index contributed by atoms with van der Waals surface area (Å²) < 4.78 is 10.8. The highest BCUT2D eigenvalue weighted by Crippen LogP contribution is 2.48. The molecule has 0 aliphatic heterocycles. The van der Waals surface area contributed by atoms with Crippen molar-refractivity contribution in [2.75, 3.05) is 20.3 Å². The number of hydrogen-bond acceptors (Lipinski definition) is 4. The quantitative estimate of drug-likeness (QED) is 0.746. The van der Waals surface area contributed by atoms with Gasteiger partial charge in [0.05, 0.1) is 13.7 Å². The SMILES string of the molecule is CCOc1cc(/C=C/C(=O)NC2C3CCC(C3)C2CO)ccc1OC. The first-order valence-corrected chi connectivity index (χ1v) is 9.06. The van der Waals surface area contributed by atoms with Crippen LogP contribution in [0.25, 0.3) is 6.08 Å². The first-order chi connectivity index (χ1) is 12.2. The summed E-state index contributed by atoms with van der Waals surface area (Å²) >= 11 is 0. The minimum absolute atomic E-state index is 0.107. The van der Waals surface area contributed by atoms with Crippen LogP contribution in [-0.4, -0.2) is 37.4 Å². The van der Waals surface area contributed by atoms with Gasteiger partial charge in [-0.2, -0.15) is 0 Å². The van der Waals surface area contributed by atoms with Crippen LogP contribution in [0.4, 0.5) is 0 Å². The van der Waals surface area contributed by atoms with Crippen molar-refractivity contribution in [3.05, 3.63) is 29.8 Å². The van der Waals surface area contributed by atoms with E-state index in [0.29, 0.717) is 29.9 Å². The number of carbonyl (C=O) groups is 1. The third-order valence-electron chi connectivity index (χ3n) is 5.52. The standard InChI is InChI=1S/C20H27NO4/c1-3-25-18-10-13(4-8-17(18)24-2)5-9-19(23)21-20-15-7-6-14(11-15)16(20)12-22/h4-5,8-10,14-16,20,22H,3,6-7,11-12H2,1-2H3,(H,21,23)/b9-5+. The van der Waals surface area contributed by atoms with Crippen molar-refractivity contribution in [3.63, 3.8) is 0 Å². The number of rotatable bonds is 7. The Bertz CT molecular complexity index is 643. The maximum absolute atomic E-state index is 12.3. The predicted octanol–water partition coefficient (Wildman–Crippen LogP) is 2.63. The van der Waals surface area contributed by atoms with Crippen LogP contribution in [-0.2, 0) is 4.79 Å². The largest absolute Gasteiger partial charge is 0.493 e. The van der Waals surface area contributed by atoms with Crippen molar-refractivity contribution in [1.29, 1.82) is 0 Å². The minimum Gasteiger partial charge on any atom is -0.493 e. The van der Waals surface area contributed by atoms with E-state index in [1.807, 2.05) is 25.1 Å². The molecule has 3 rings (SSSR count). The van der Waals surface area contributed by atoms with Gasteiger partial charge in [0.2, 0.25) is 5.91 Å². The molecule has 4 atom stereocenters. The van der Waals surface area contributed by atoms with Gasteiger partial charge in [0.1, 0.15) is 0 Å². The third-order valence-corrected chi connectivity index (χ3v) is 5.52. The number of nitrogens with one attached hydrogen (secondary N) is 1. The first kappa shape index (κ1) is 17.8. The van der Waals surface area contributed by atoms with E-state index in [2.05, 4.69) is 5.32 Å². The molecule has 0 spiro atoms. The van der Waals surface area contributed by atoms with Crippen LogP contribution in [0.1, 0.15) is 31.7 Å². The van der Waals surface area contributed by atoms with Gasteiger partial charge in [-0.1, -0.05) is 6.07 Å². The maximum atomic E-state index is 12.3. The van der Waals surface area contributed by atoms with E-state index in [4.69, 9.17) is 9.47 Å². The highest BCUT2D eigenvalue weighted by Gasteiger charge is 2.47. The Kier molecular flexibility index (Phi) is 5.63. The van der Waals surface area contributed by atoms with Crippen molar-refractivity contribution in [1.82, 2.24) is 5.32 Å². The van der Waals surface area contributed by atoms with Crippen LogP contribution in [0.2, 0.25) is 0 Å². The van der Waals surface area contributed by atoms with Crippen LogP contribution in [0.5, 0.6) is 11.5 Å². The highest BCUT2D eigenvalue weighted by molar-refractivity contribution is 5.92. The lowest BCUT2D eigenvalue weighted by Gasteiger charge is -2.30. The molecule has 5 heteroatoms. The zero-order valence-electron chi connectivity index (χ0n) is 14.9. The molecule has 5 nitrogen and oxygen atoms in total. The van der Waals surface area contributed by atoms with Crippen LogP contribution in [0.3, 0.4) is 0 Å². The summed E-state index contributed by atoms with van der Waals surface area (Å²) in [6.45, 7) is 2.63. The van der Waals surface area contributed by atoms with Crippen LogP contribution >= 0.6 is 0 Å². The number of benzene rings is 1. The molecular weight excluding hydrogens is 318 g/mol. The molecule has 2 N–H and O–H groups in total. The molecule has 0 aromatic heterocycles. The topological polar surface area (TPSA) is 67.8 Å². The number of hydrogen-bond donors (Lipinski definition) is 2. The molecule has 25 heavy (non-hydrogen) atoms. The lowest BCUT2D eigenvalue weighted by atomic mass is 9.85. The average Bonchev–Trinajstić information content (AvgIpc) is 3.22. The van der Waals surface area contributed by atoms with E-state index in [-0.39, 0.29) is 24.5 Å². The number of aliphatic hydroxyl groups is 1. The van der Waals surface area contributed by atoms with Gasteiger partial charge in [-0.3, -0.25) is 4.79 Å². The van der Waals surface area contributed by atoms with Crippen molar-refractivity contribution in [2.45, 2.75) is 32.2 Å². The van der Waals surface area contributed by atoms with Crippen molar-refractivity contribution in [2.24, 2.45) is 17.8 Å². The molecule has 0 radical (unpaired) electrons. The van der Waals surface area contributed by atoms with Gasteiger partial charge in [0.15, 0.2) is 11.5 Å². The van der Waals surface area contributed by atoms with E-state index >= 15 is 0 Å². The smallest absolute Gasteiger partial charge is 0.244 e. The molecule has 2 bridgehead atoms. The van der Waals surface area contributed by atoms with E-state index in [1.165, 1.54) is 6.42 Å². The van der Waals surface area contributed by atoms with Gasteiger partial charge in [-0.15, -0.1) is 0 Å². The molecule has 2 aliphatic carbocycles. The predicted molar refractivity (Wildman–Crippen MR) is 96.5 cm³/mol. The van der Waals surface area contributed by atoms with E-state index in [1.54, 1.807) is 19.3 Å². The number of carbonyl (C=O) groups excluding carboxylic acids is 1. The van der Waals surface area contributed by atoms with E-state index < -0.39 is 0 Å². The summed E-state index contributed by atoms with van der Waals surface area (Å²) in [6, 6.07) is 5.69. The summed E-state index contributed by atoms with van der Waals surface area (Å²) in [7, 11) is 1.60. The van der Waals surface area contributed by atoms with E-state index in [9.17, 15) is 9.90 Å². The Morgan fingerprint density at radius 1 is 1.32 bits per heavy atom. The molecule has 0 saturated heterocycles. The molecule has 1 aromatic rings. The third kappa shape index (κ3) is 3.82. The first-order valence-electron chi connectivity index (χ1n) is 9.06. The van der Waals surface area contributed by atoms with E-state index in [0.717, 1.165) is 18.4 Å². The summed E-state index contributed by atoms with van der Waals surface area (Å²) in [5, 5.41) is 12.7. The van der Waals surface area contributed by atoms with Crippen molar-refractivity contribution in [3.8, 4) is 11.5 Å². The van der Waals surface area contributed by atoms with Gasteiger partial charge >= 0.3 is 0 Å². The Morgan fingerprint density at radius 3 is 2.84 bits per heavy atom. The van der Waals surface area contributed by atoms with Gasteiger partial charge in [0.25, 0.3) is 0 Å². The average molecular weight is 345 g/mol. The zero-order valence-corrected chi connectivity index (χ0v) is 14.9. The van der Waals surface area contributed by atoms with Gasteiger partial charge < -0.3 is 19.9 Å². The zero-order chi connectivity index (χ0) is 17.8. The Morgan fingerprint density at radius 2 is 2.12 bits per heavy atom. The lowest BCUT2D eigenvalue weighted by molar-refractivity contribution is -0.117. The second-order valence-corrected chi connectivity index (χ2v) is 6.89. The lowest BCUT2D eigenvalue weighted by Crippen LogP contribution is -2.44. The molecule has 1 aromatic carbocycles. The maximum Gasteiger partial charge on any atom is 0.244 e. The normalized spacial score (nSPS) is 27.6. The van der Waals surface area contributed by atoms with Gasteiger partial charge in [-0.05, 0) is 61.8 Å². The molecule has 1 amide bonds. The fourth-order valence-corrected chi connectivity index (χ4v) is 4.35. The highest BCUT2D eigenvalue weighted by atomic mass is 16.5. The van der Waals surface area contributed by atoms with Gasteiger partial charge in [-0.25, -0.2) is 0 Å². The number of amides is 1. The molecular formula is C20H27NO4. The summed E-state index contributed by atoms with van der Waals surface area (Å²) in [5.74, 6) is 2.54. The fourth-order valence-electron chi connectivity index (χ4n) is 4.35.